The summed E-state index contributed by atoms with van der Waals surface area (Å²) in [6.07, 6.45) is 1.34. The van der Waals surface area contributed by atoms with E-state index in [2.05, 4.69) is 0 Å². The molecule has 110 valence electrons. The van der Waals surface area contributed by atoms with Gasteiger partial charge in [-0.3, -0.25) is 4.79 Å². The van der Waals surface area contributed by atoms with E-state index in [4.69, 9.17) is 21.4 Å². The Balaban J connectivity index is 2.44. The third-order valence-corrected chi connectivity index (χ3v) is 5.13. The van der Waals surface area contributed by atoms with Crippen LogP contribution >= 0.6 is 11.6 Å². The van der Waals surface area contributed by atoms with Crippen molar-refractivity contribution in [2.24, 2.45) is 0 Å². The van der Waals surface area contributed by atoms with Crippen molar-refractivity contribution in [3.8, 4) is 5.75 Å². The third kappa shape index (κ3) is 3.05. The molecule has 0 bridgehead atoms. The highest BCUT2D eigenvalue weighted by Crippen LogP contribution is 2.35. The van der Waals surface area contributed by atoms with Crippen molar-refractivity contribution in [3.63, 3.8) is 0 Å². The van der Waals surface area contributed by atoms with Crippen LogP contribution in [0.4, 0.5) is 0 Å². The second kappa shape index (κ2) is 5.59. The number of rotatable bonds is 6. The summed E-state index contributed by atoms with van der Waals surface area (Å²) in [6.45, 7) is -0.557. The standard InChI is InChI=1S/C12H14ClNO5S/c1-19-10-6-8(13)2-5-11(10)20(17,18)14(7-12(15)16)9-3-4-9/h2,5-6,9H,3-4,7H2,1H3,(H,15,16). The van der Waals surface area contributed by atoms with Gasteiger partial charge in [0.05, 0.1) is 7.11 Å². The molecule has 0 aliphatic heterocycles. The predicted molar refractivity (Wildman–Crippen MR) is 72.6 cm³/mol. The van der Waals surface area contributed by atoms with E-state index in [0.717, 1.165) is 4.31 Å². The number of methoxy groups -OCH3 is 1. The highest BCUT2D eigenvalue weighted by Gasteiger charge is 2.40. The Hall–Kier alpha value is -1.31. The molecule has 1 aromatic rings. The number of hydrogen-bond acceptors (Lipinski definition) is 4. The van der Waals surface area contributed by atoms with Crippen LogP contribution in [0.5, 0.6) is 5.75 Å². The summed E-state index contributed by atoms with van der Waals surface area (Å²) >= 11 is 5.80. The lowest BCUT2D eigenvalue weighted by atomic mass is 10.3. The van der Waals surface area contributed by atoms with Gasteiger partial charge in [-0.05, 0) is 25.0 Å². The Morgan fingerprint density at radius 1 is 1.50 bits per heavy atom. The molecule has 0 amide bonds. The van der Waals surface area contributed by atoms with Gasteiger partial charge in [0.25, 0.3) is 0 Å². The van der Waals surface area contributed by atoms with Gasteiger partial charge >= 0.3 is 5.97 Å². The summed E-state index contributed by atoms with van der Waals surface area (Å²) in [4.78, 5) is 10.8. The molecule has 1 aliphatic rings. The highest BCUT2D eigenvalue weighted by molar-refractivity contribution is 7.89. The average molecular weight is 320 g/mol. The van der Waals surface area contributed by atoms with Gasteiger partial charge < -0.3 is 9.84 Å². The Bertz CT molecular complexity index is 627. The summed E-state index contributed by atoms with van der Waals surface area (Å²) in [5.41, 5.74) is 0. The number of sulfonamides is 1. The molecule has 8 heteroatoms. The van der Waals surface area contributed by atoms with Crippen LogP contribution in [-0.2, 0) is 14.8 Å². The minimum atomic E-state index is -3.92. The van der Waals surface area contributed by atoms with E-state index in [1.165, 1.54) is 25.3 Å². The van der Waals surface area contributed by atoms with E-state index in [1.54, 1.807) is 0 Å². The van der Waals surface area contributed by atoms with E-state index in [9.17, 15) is 13.2 Å². The molecule has 0 spiro atoms. The second-order valence-electron chi connectivity index (χ2n) is 4.47. The molecule has 1 saturated carbocycles. The molecule has 1 N–H and O–H groups in total. The van der Waals surface area contributed by atoms with Gasteiger partial charge in [0.1, 0.15) is 17.2 Å². The molecule has 0 radical (unpaired) electrons. The molecule has 0 atom stereocenters. The first-order valence-electron chi connectivity index (χ1n) is 5.93. The van der Waals surface area contributed by atoms with Gasteiger partial charge in [-0.15, -0.1) is 0 Å². The summed E-state index contributed by atoms with van der Waals surface area (Å²) in [5, 5.41) is 9.23. The van der Waals surface area contributed by atoms with Gasteiger partial charge in [0.15, 0.2) is 0 Å². The fourth-order valence-corrected chi connectivity index (χ4v) is 3.82. The molecule has 1 fully saturated rings. The smallest absolute Gasteiger partial charge is 0.318 e. The normalized spacial score (nSPS) is 15.3. The van der Waals surface area contributed by atoms with Gasteiger partial charge in [-0.1, -0.05) is 11.6 Å². The maximum Gasteiger partial charge on any atom is 0.318 e. The van der Waals surface area contributed by atoms with Crippen LogP contribution < -0.4 is 4.74 Å². The molecule has 2 rings (SSSR count). The number of benzene rings is 1. The minimum Gasteiger partial charge on any atom is -0.495 e. The number of halogens is 1. The molecule has 6 nitrogen and oxygen atoms in total. The van der Waals surface area contributed by atoms with Gasteiger partial charge in [-0.25, -0.2) is 8.42 Å². The number of aliphatic carboxylic acids is 1. The number of carboxylic acids is 1. The van der Waals surface area contributed by atoms with Crippen LogP contribution in [0.15, 0.2) is 23.1 Å². The van der Waals surface area contributed by atoms with Crippen LogP contribution in [0.1, 0.15) is 12.8 Å². The van der Waals surface area contributed by atoms with Crippen LogP contribution in [-0.4, -0.2) is 43.5 Å². The largest absolute Gasteiger partial charge is 0.495 e. The monoisotopic (exact) mass is 319 g/mol. The van der Waals surface area contributed by atoms with Crippen molar-refractivity contribution in [1.29, 1.82) is 0 Å². The zero-order valence-electron chi connectivity index (χ0n) is 10.7. The molecule has 0 heterocycles. The maximum atomic E-state index is 12.6. The third-order valence-electron chi connectivity index (χ3n) is 2.96. The number of ether oxygens (including phenoxy) is 1. The van der Waals surface area contributed by atoms with E-state index < -0.39 is 22.5 Å². The SMILES string of the molecule is COc1cc(Cl)ccc1S(=O)(=O)N(CC(=O)O)C1CC1. The molecular formula is C12H14ClNO5S. The minimum absolute atomic E-state index is 0.0717. The Morgan fingerprint density at radius 3 is 2.65 bits per heavy atom. The zero-order valence-corrected chi connectivity index (χ0v) is 12.3. The van der Waals surface area contributed by atoms with Crippen molar-refractivity contribution in [1.82, 2.24) is 4.31 Å². The highest BCUT2D eigenvalue weighted by atomic mass is 35.5. The molecule has 20 heavy (non-hydrogen) atoms. The Kier molecular flexibility index (Phi) is 4.22. The maximum absolute atomic E-state index is 12.6. The fourth-order valence-electron chi connectivity index (χ4n) is 1.89. The molecule has 1 aromatic carbocycles. The van der Waals surface area contributed by atoms with Crippen molar-refractivity contribution < 1.29 is 23.1 Å². The summed E-state index contributed by atoms with van der Waals surface area (Å²) in [7, 11) is -2.59. The number of carbonyl (C=O) groups is 1. The average Bonchev–Trinajstić information content (AvgIpc) is 3.19. The summed E-state index contributed by atoms with van der Waals surface area (Å²) < 4.78 is 31.2. The lowest BCUT2D eigenvalue weighted by Crippen LogP contribution is -2.37. The number of nitrogens with zero attached hydrogens (tertiary/aromatic N) is 1. The van der Waals surface area contributed by atoms with Gasteiger partial charge in [-0.2, -0.15) is 4.31 Å². The lowest BCUT2D eigenvalue weighted by Gasteiger charge is -2.21. The molecular weight excluding hydrogens is 306 g/mol. The van der Waals surface area contributed by atoms with Gasteiger partial charge in [0, 0.05) is 17.1 Å². The van der Waals surface area contributed by atoms with Crippen LogP contribution in [0, 0.1) is 0 Å². The van der Waals surface area contributed by atoms with Crippen molar-refractivity contribution in [3.05, 3.63) is 23.2 Å². The van der Waals surface area contributed by atoms with Gasteiger partial charge in [0.2, 0.25) is 10.0 Å². The summed E-state index contributed by atoms with van der Waals surface area (Å²) in [5.74, 6) is -1.08. The Morgan fingerprint density at radius 2 is 2.15 bits per heavy atom. The van der Waals surface area contributed by atoms with Crippen LogP contribution in [0.3, 0.4) is 0 Å². The first kappa shape index (κ1) is 15.1. The van der Waals surface area contributed by atoms with E-state index in [0.29, 0.717) is 17.9 Å². The van der Waals surface area contributed by atoms with E-state index in [-0.39, 0.29) is 16.7 Å². The molecule has 1 aliphatic carbocycles. The van der Waals surface area contributed by atoms with E-state index in [1.807, 2.05) is 0 Å². The zero-order chi connectivity index (χ0) is 14.9. The first-order valence-corrected chi connectivity index (χ1v) is 7.75. The van der Waals surface area contributed by atoms with Crippen molar-refractivity contribution in [2.75, 3.05) is 13.7 Å². The predicted octanol–water partition coefficient (Wildman–Crippen LogP) is 1.59. The summed E-state index contributed by atoms with van der Waals surface area (Å²) in [6, 6.07) is 3.90. The second-order valence-corrected chi connectivity index (χ2v) is 6.77. The van der Waals surface area contributed by atoms with E-state index >= 15 is 0 Å². The Labute approximate surface area is 122 Å². The quantitative estimate of drug-likeness (QED) is 0.860. The van der Waals surface area contributed by atoms with Crippen molar-refractivity contribution in [2.45, 2.75) is 23.8 Å². The van der Waals surface area contributed by atoms with Crippen molar-refractivity contribution >= 4 is 27.6 Å². The van der Waals surface area contributed by atoms with Crippen LogP contribution in [0.2, 0.25) is 5.02 Å². The number of carboxylic acid groups (broad SMARTS) is 1. The van der Waals surface area contributed by atoms with Crippen LogP contribution in [0.25, 0.3) is 0 Å². The molecule has 0 aromatic heterocycles. The first-order chi connectivity index (χ1) is 9.36. The topological polar surface area (TPSA) is 83.9 Å². The fraction of sp³-hybridized carbons (Fsp3) is 0.417. The lowest BCUT2D eigenvalue weighted by molar-refractivity contribution is -0.137. The number of hydrogen-bond donors (Lipinski definition) is 1. The molecule has 0 saturated heterocycles. The molecule has 0 unspecified atom stereocenters.